The van der Waals surface area contributed by atoms with Gasteiger partial charge >= 0.3 is 0 Å². The molecule has 0 saturated carbocycles. The zero-order valence-corrected chi connectivity index (χ0v) is 12.1. The summed E-state index contributed by atoms with van der Waals surface area (Å²) in [5.41, 5.74) is 5.82. The van der Waals surface area contributed by atoms with Crippen molar-refractivity contribution in [1.29, 1.82) is 0 Å². The second-order valence-electron chi connectivity index (χ2n) is 3.44. The first-order chi connectivity index (χ1) is 8.47. The predicted octanol–water partition coefficient (Wildman–Crippen LogP) is 2.12. The van der Waals surface area contributed by atoms with Crippen molar-refractivity contribution in [1.82, 2.24) is 4.72 Å². The van der Waals surface area contributed by atoms with E-state index in [1.807, 2.05) is 0 Å². The summed E-state index contributed by atoms with van der Waals surface area (Å²) in [7, 11) is -3.60. The fraction of sp³-hybridized carbons (Fsp3) is 0.273. The van der Waals surface area contributed by atoms with Crippen LogP contribution in [0.25, 0.3) is 0 Å². The van der Waals surface area contributed by atoms with Gasteiger partial charge in [0.05, 0.1) is 5.69 Å². The molecular formula is C11H15ClN2O2S2. The van der Waals surface area contributed by atoms with Gasteiger partial charge in [-0.2, -0.15) is 11.8 Å². The van der Waals surface area contributed by atoms with E-state index in [-0.39, 0.29) is 10.6 Å². The Labute approximate surface area is 117 Å². The van der Waals surface area contributed by atoms with Crippen LogP contribution in [0.3, 0.4) is 0 Å². The van der Waals surface area contributed by atoms with Crippen LogP contribution < -0.4 is 10.5 Å². The molecule has 0 heterocycles. The van der Waals surface area contributed by atoms with Crippen molar-refractivity contribution in [3.63, 3.8) is 0 Å². The zero-order chi connectivity index (χ0) is 13.6. The van der Waals surface area contributed by atoms with Gasteiger partial charge in [0.15, 0.2) is 0 Å². The maximum absolute atomic E-state index is 12.0. The molecule has 100 valence electrons. The molecule has 1 aromatic rings. The molecular weight excluding hydrogens is 292 g/mol. The Morgan fingerprint density at radius 2 is 2.22 bits per heavy atom. The van der Waals surface area contributed by atoms with E-state index in [1.165, 1.54) is 12.1 Å². The quantitative estimate of drug-likeness (QED) is 0.460. The van der Waals surface area contributed by atoms with Crippen LogP contribution in [0.15, 0.2) is 35.7 Å². The minimum atomic E-state index is -3.60. The summed E-state index contributed by atoms with van der Waals surface area (Å²) in [6, 6.07) is 4.37. The number of rotatable bonds is 7. The Balaban J connectivity index is 2.68. The molecule has 1 aromatic carbocycles. The number of thioether (sulfide) groups is 1. The highest BCUT2D eigenvalue weighted by atomic mass is 35.5. The monoisotopic (exact) mass is 306 g/mol. The van der Waals surface area contributed by atoms with Crippen molar-refractivity contribution >= 4 is 39.1 Å². The summed E-state index contributed by atoms with van der Waals surface area (Å²) >= 11 is 7.36. The normalized spacial score (nSPS) is 11.4. The molecule has 0 aliphatic heterocycles. The molecule has 0 unspecified atom stereocenters. The molecule has 0 atom stereocenters. The van der Waals surface area contributed by atoms with Gasteiger partial charge in [-0.3, -0.25) is 0 Å². The third-order valence-corrected chi connectivity index (χ3v) is 4.76. The van der Waals surface area contributed by atoms with Gasteiger partial charge in [-0.15, -0.1) is 6.58 Å². The van der Waals surface area contributed by atoms with Crippen molar-refractivity contribution in [3.8, 4) is 0 Å². The van der Waals surface area contributed by atoms with Gasteiger partial charge in [-0.25, -0.2) is 13.1 Å². The molecule has 0 fully saturated rings. The molecule has 3 N–H and O–H groups in total. The van der Waals surface area contributed by atoms with Crippen LogP contribution in [0.4, 0.5) is 5.69 Å². The van der Waals surface area contributed by atoms with Crippen molar-refractivity contribution < 1.29 is 8.42 Å². The summed E-state index contributed by atoms with van der Waals surface area (Å²) in [4.78, 5) is 0.0173. The van der Waals surface area contributed by atoms with Crippen molar-refractivity contribution in [2.45, 2.75) is 4.90 Å². The van der Waals surface area contributed by atoms with Crippen LogP contribution in [0.2, 0.25) is 5.02 Å². The van der Waals surface area contributed by atoms with Crippen LogP contribution >= 0.6 is 23.4 Å². The Kier molecular flexibility index (Phi) is 6.01. The molecule has 4 nitrogen and oxygen atoms in total. The fourth-order valence-corrected chi connectivity index (χ4v) is 3.37. The molecule has 0 spiro atoms. The molecule has 0 bridgehead atoms. The van der Waals surface area contributed by atoms with E-state index in [0.717, 1.165) is 5.75 Å². The lowest BCUT2D eigenvalue weighted by Crippen LogP contribution is -2.26. The number of anilines is 1. The molecule has 7 heteroatoms. The third-order valence-electron chi connectivity index (χ3n) is 2.04. The molecule has 0 aromatic heterocycles. The second-order valence-corrected chi connectivity index (χ2v) is 6.77. The highest BCUT2D eigenvalue weighted by Gasteiger charge is 2.17. The van der Waals surface area contributed by atoms with Gasteiger partial charge < -0.3 is 5.73 Å². The summed E-state index contributed by atoms with van der Waals surface area (Å²) < 4.78 is 26.4. The molecule has 0 saturated heterocycles. The van der Waals surface area contributed by atoms with Crippen molar-refractivity contribution in [2.75, 3.05) is 23.8 Å². The Hall–Kier alpha value is -0.690. The van der Waals surface area contributed by atoms with Gasteiger partial charge in [0.1, 0.15) is 4.90 Å². The number of benzene rings is 1. The minimum Gasteiger partial charge on any atom is -0.398 e. The second kappa shape index (κ2) is 7.04. The standard InChI is InChI=1S/C11H15ClN2O2S2/c1-2-6-17-7-5-14-18(15,16)11-8-9(12)3-4-10(11)13/h2-4,8,14H,1,5-7,13H2. The van der Waals surface area contributed by atoms with E-state index >= 15 is 0 Å². The third kappa shape index (κ3) is 4.53. The van der Waals surface area contributed by atoms with E-state index in [2.05, 4.69) is 11.3 Å². The van der Waals surface area contributed by atoms with E-state index in [9.17, 15) is 8.42 Å². The summed E-state index contributed by atoms with van der Waals surface area (Å²) in [6.07, 6.45) is 1.77. The van der Waals surface area contributed by atoms with Crippen LogP contribution in [0, 0.1) is 0 Å². The number of hydrogen-bond donors (Lipinski definition) is 2. The lowest BCUT2D eigenvalue weighted by atomic mass is 10.3. The van der Waals surface area contributed by atoms with Crippen LogP contribution in [-0.2, 0) is 10.0 Å². The summed E-state index contributed by atoms with van der Waals surface area (Å²) in [5.74, 6) is 1.47. The molecule has 0 radical (unpaired) electrons. The highest BCUT2D eigenvalue weighted by Crippen LogP contribution is 2.22. The number of nitrogen functional groups attached to an aromatic ring is 1. The maximum Gasteiger partial charge on any atom is 0.242 e. The van der Waals surface area contributed by atoms with Gasteiger partial charge in [0.2, 0.25) is 10.0 Å². The summed E-state index contributed by atoms with van der Waals surface area (Å²) in [6.45, 7) is 3.93. The van der Waals surface area contributed by atoms with Crippen molar-refractivity contribution in [2.24, 2.45) is 0 Å². The lowest BCUT2D eigenvalue weighted by molar-refractivity contribution is 0.584. The molecule has 0 aliphatic rings. The number of nitrogens with one attached hydrogen (secondary N) is 1. The first-order valence-corrected chi connectivity index (χ1v) is 8.22. The fourth-order valence-electron chi connectivity index (χ4n) is 1.23. The van der Waals surface area contributed by atoms with E-state index in [1.54, 1.807) is 23.9 Å². The van der Waals surface area contributed by atoms with Crippen LogP contribution in [0.5, 0.6) is 0 Å². The highest BCUT2D eigenvalue weighted by molar-refractivity contribution is 7.99. The molecule has 0 aliphatic carbocycles. The first kappa shape index (κ1) is 15.4. The van der Waals surface area contributed by atoms with Crippen molar-refractivity contribution in [3.05, 3.63) is 35.9 Å². The van der Waals surface area contributed by atoms with Crippen LogP contribution in [0.1, 0.15) is 0 Å². The Morgan fingerprint density at radius 3 is 2.89 bits per heavy atom. The largest absolute Gasteiger partial charge is 0.398 e. The number of hydrogen-bond acceptors (Lipinski definition) is 4. The SMILES string of the molecule is C=CCSCCNS(=O)(=O)c1cc(Cl)ccc1N. The minimum absolute atomic E-state index is 0.0173. The topological polar surface area (TPSA) is 72.2 Å². The van der Waals surface area contributed by atoms with Gasteiger partial charge in [0.25, 0.3) is 0 Å². The smallest absolute Gasteiger partial charge is 0.242 e. The first-order valence-electron chi connectivity index (χ1n) is 5.20. The maximum atomic E-state index is 12.0. The Bertz CT molecular complexity index is 518. The average molecular weight is 307 g/mol. The van der Waals surface area contributed by atoms with Crippen LogP contribution in [-0.4, -0.2) is 26.5 Å². The van der Waals surface area contributed by atoms with Gasteiger partial charge in [-0.1, -0.05) is 17.7 Å². The molecule has 1 rings (SSSR count). The lowest BCUT2D eigenvalue weighted by Gasteiger charge is -2.09. The average Bonchev–Trinajstić information content (AvgIpc) is 2.32. The zero-order valence-electron chi connectivity index (χ0n) is 9.73. The number of sulfonamides is 1. The van der Waals surface area contributed by atoms with Gasteiger partial charge in [-0.05, 0) is 18.2 Å². The Morgan fingerprint density at radius 1 is 1.50 bits per heavy atom. The van der Waals surface area contributed by atoms with Gasteiger partial charge in [0, 0.05) is 23.1 Å². The van der Waals surface area contributed by atoms with E-state index < -0.39 is 10.0 Å². The number of halogens is 1. The summed E-state index contributed by atoms with van der Waals surface area (Å²) in [5, 5.41) is 0.339. The molecule has 0 amide bonds. The van der Waals surface area contributed by atoms with E-state index in [0.29, 0.717) is 17.3 Å². The predicted molar refractivity (Wildman–Crippen MR) is 78.6 cm³/mol. The molecule has 18 heavy (non-hydrogen) atoms. The number of nitrogens with two attached hydrogens (primary N) is 1. The van der Waals surface area contributed by atoms with E-state index in [4.69, 9.17) is 17.3 Å².